The molecule has 0 radical (unpaired) electrons. The van der Waals surface area contributed by atoms with E-state index in [1.807, 2.05) is 0 Å². The van der Waals surface area contributed by atoms with Crippen LogP contribution in [0.4, 0.5) is 0 Å². The summed E-state index contributed by atoms with van der Waals surface area (Å²) in [4.78, 5) is 4.76. The van der Waals surface area contributed by atoms with Crippen LogP contribution >= 0.6 is 0 Å². The molecule has 1 N–H and O–H groups in total. The summed E-state index contributed by atoms with van der Waals surface area (Å²) in [6.07, 6.45) is 1.17. The fraction of sp³-hybridized carbons (Fsp3) is 0.471. The molecule has 0 saturated heterocycles. The van der Waals surface area contributed by atoms with Crippen molar-refractivity contribution in [3.63, 3.8) is 0 Å². The summed E-state index contributed by atoms with van der Waals surface area (Å²) in [5.74, 6) is 0.509. The van der Waals surface area contributed by atoms with Crippen LogP contribution in [0.15, 0.2) is 24.3 Å². The van der Waals surface area contributed by atoms with Crippen molar-refractivity contribution in [3.05, 3.63) is 41.1 Å². The van der Waals surface area contributed by atoms with Gasteiger partial charge in [0.2, 0.25) is 0 Å². The maximum absolute atomic E-state index is 4.76. The van der Waals surface area contributed by atoms with Gasteiger partial charge in [0.25, 0.3) is 0 Å². The fourth-order valence-corrected chi connectivity index (χ4v) is 2.50. The third-order valence-corrected chi connectivity index (χ3v) is 3.45. The van der Waals surface area contributed by atoms with Crippen molar-refractivity contribution in [2.24, 2.45) is 0 Å². The Balaban J connectivity index is 2.49. The normalized spacial score (nSPS) is 11.4. The van der Waals surface area contributed by atoms with E-state index in [9.17, 15) is 0 Å². The second-order valence-corrected chi connectivity index (χ2v) is 5.50. The van der Waals surface area contributed by atoms with Crippen molar-refractivity contribution in [1.29, 1.82) is 0 Å². The molecule has 1 heterocycles. The zero-order valence-corrected chi connectivity index (χ0v) is 12.5. The van der Waals surface area contributed by atoms with Gasteiger partial charge in [0, 0.05) is 17.6 Å². The first-order valence-corrected chi connectivity index (χ1v) is 7.23. The molecular formula is C17H24N2. The molecule has 0 saturated carbocycles. The molecule has 0 atom stereocenters. The number of nitrogens with zero attached hydrogens (tertiary/aromatic N) is 1. The maximum atomic E-state index is 4.76. The van der Waals surface area contributed by atoms with Gasteiger partial charge < -0.3 is 5.32 Å². The lowest BCUT2D eigenvalue weighted by Gasteiger charge is -2.13. The van der Waals surface area contributed by atoms with E-state index in [0.717, 1.165) is 18.8 Å². The highest BCUT2D eigenvalue weighted by molar-refractivity contribution is 5.85. The monoisotopic (exact) mass is 256 g/mol. The highest BCUT2D eigenvalue weighted by Gasteiger charge is 2.10. The molecule has 0 aliphatic rings. The van der Waals surface area contributed by atoms with E-state index in [0.29, 0.717) is 5.92 Å². The number of hydrogen-bond acceptors (Lipinski definition) is 2. The Hall–Kier alpha value is -1.41. The van der Waals surface area contributed by atoms with Gasteiger partial charge in [-0.15, -0.1) is 0 Å². The average Bonchev–Trinajstić information content (AvgIpc) is 2.38. The number of para-hydroxylation sites is 1. The number of fused-ring (bicyclic) bond motifs is 1. The maximum Gasteiger partial charge on any atom is 0.0742 e. The van der Waals surface area contributed by atoms with Crippen LogP contribution in [0.2, 0.25) is 0 Å². The Morgan fingerprint density at radius 2 is 2.05 bits per heavy atom. The molecule has 0 aliphatic heterocycles. The molecule has 2 nitrogen and oxygen atoms in total. The number of hydrogen-bond donors (Lipinski definition) is 1. The van der Waals surface area contributed by atoms with Gasteiger partial charge in [0.1, 0.15) is 0 Å². The van der Waals surface area contributed by atoms with E-state index in [1.165, 1.54) is 28.5 Å². The Morgan fingerprint density at radius 1 is 1.26 bits per heavy atom. The topological polar surface area (TPSA) is 24.9 Å². The van der Waals surface area contributed by atoms with E-state index in [2.05, 4.69) is 57.3 Å². The lowest BCUT2D eigenvalue weighted by molar-refractivity contribution is 0.677. The van der Waals surface area contributed by atoms with Crippen LogP contribution in [0.25, 0.3) is 10.9 Å². The molecule has 0 amide bonds. The van der Waals surface area contributed by atoms with Crippen LogP contribution in [0.1, 0.15) is 49.9 Å². The number of benzene rings is 1. The lowest BCUT2D eigenvalue weighted by Crippen LogP contribution is -2.14. The number of nitrogens with one attached hydrogen (secondary N) is 1. The zero-order valence-electron chi connectivity index (χ0n) is 12.5. The molecule has 19 heavy (non-hydrogen) atoms. The lowest BCUT2D eigenvalue weighted by atomic mass is 9.97. The summed E-state index contributed by atoms with van der Waals surface area (Å²) in [6, 6.07) is 8.74. The van der Waals surface area contributed by atoms with Crippen molar-refractivity contribution in [2.45, 2.75) is 46.6 Å². The molecule has 0 aliphatic carbocycles. The summed E-state index contributed by atoms with van der Waals surface area (Å²) in [5.41, 5.74) is 4.98. The minimum Gasteiger partial charge on any atom is -0.313 e. The second kappa shape index (κ2) is 6.16. The third-order valence-electron chi connectivity index (χ3n) is 3.45. The molecule has 102 valence electrons. The van der Waals surface area contributed by atoms with Crippen LogP contribution in [0.5, 0.6) is 0 Å². The van der Waals surface area contributed by atoms with Crippen LogP contribution in [-0.2, 0) is 6.54 Å². The average molecular weight is 256 g/mol. The summed E-state index contributed by atoms with van der Waals surface area (Å²) in [7, 11) is 0. The van der Waals surface area contributed by atoms with Crippen LogP contribution in [0, 0.1) is 6.92 Å². The standard InChI is InChI=1S/C17H24N2/c1-5-9-18-11-14-10-13(4)19-17-15(12(2)3)7-6-8-16(14)17/h6-8,10,12,18H,5,9,11H2,1-4H3. The number of pyridine rings is 1. The first-order valence-electron chi connectivity index (χ1n) is 7.23. The molecular weight excluding hydrogens is 232 g/mol. The molecule has 0 spiro atoms. The molecule has 2 aromatic rings. The van der Waals surface area contributed by atoms with Gasteiger partial charge in [-0.25, -0.2) is 0 Å². The molecule has 2 heteroatoms. The van der Waals surface area contributed by atoms with Crippen molar-refractivity contribution in [1.82, 2.24) is 10.3 Å². The number of aryl methyl sites for hydroxylation is 1. The van der Waals surface area contributed by atoms with Gasteiger partial charge in [-0.1, -0.05) is 39.0 Å². The van der Waals surface area contributed by atoms with Gasteiger partial charge >= 0.3 is 0 Å². The van der Waals surface area contributed by atoms with Gasteiger partial charge in [-0.2, -0.15) is 0 Å². The second-order valence-electron chi connectivity index (χ2n) is 5.50. The predicted molar refractivity (Wildman–Crippen MR) is 82.6 cm³/mol. The Labute approximate surface area is 116 Å². The summed E-state index contributed by atoms with van der Waals surface area (Å²) < 4.78 is 0. The van der Waals surface area contributed by atoms with Crippen molar-refractivity contribution in [3.8, 4) is 0 Å². The SMILES string of the molecule is CCCNCc1cc(C)nc2c(C(C)C)cccc12. The van der Waals surface area contributed by atoms with Crippen molar-refractivity contribution < 1.29 is 0 Å². The van der Waals surface area contributed by atoms with E-state index in [-0.39, 0.29) is 0 Å². The van der Waals surface area contributed by atoms with Gasteiger partial charge in [-0.3, -0.25) is 4.98 Å². The first-order chi connectivity index (χ1) is 9.13. The van der Waals surface area contributed by atoms with Gasteiger partial charge in [0.15, 0.2) is 0 Å². The molecule has 0 unspecified atom stereocenters. The Bertz CT molecular complexity index is 558. The Morgan fingerprint density at radius 3 is 2.74 bits per heavy atom. The fourth-order valence-electron chi connectivity index (χ4n) is 2.50. The highest BCUT2D eigenvalue weighted by Crippen LogP contribution is 2.26. The van der Waals surface area contributed by atoms with Gasteiger partial charge in [-0.05, 0) is 43.0 Å². The molecule has 0 fully saturated rings. The first kappa shape index (κ1) is 14.0. The van der Waals surface area contributed by atoms with Crippen LogP contribution in [-0.4, -0.2) is 11.5 Å². The minimum absolute atomic E-state index is 0.509. The van der Waals surface area contributed by atoms with Crippen molar-refractivity contribution in [2.75, 3.05) is 6.54 Å². The highest BCUT2D eigenvalue weighted by atomic mass is 14.8. The Kier molecular flexibility index (Phi) is 4.54. The largest absolute Gasteiger partial charge is 0.313 e. The summed E-state index contributed by atoms with van der Waals surface area (Å²) in [5, 5.41) is 4.78. The number of rotatable bonds is 5. The summed E-state index contributed by atoms with van der Waals surface area (Å²) >= 11 is 0. The smallest absolute Gasteiger partial charge is 0.0742 e. The zero-order chi connectivity index (χ0) is 13.8. The molecule has 0 bridgehead atoms. The van der Waals surface area contributed by atoms with Crippen molar-refractivity contribution >= 4 is 10.9 Å². The quantitative estimate of drug-likeness (QED) is 0.812. The van der Waals surface area contributed by atoms with Gasteiger partial charge in [0.05, 0.1) is 5.52 Å². The van der Waals surface area contributed by atoms with E-state index < -0.39 is 0 Å². The van der Waals surface area contributed by atoms with Crippen LogP contribution < -0.4 is 5.32 Å². The van der Waals surface area contributed by atoms with Crippen LogP contribution in [0.3, 0.4) is 0 Å². The number of aromatic nitrogens is 1. The van der Waals surface area contributed by atoms with E-state index >= 15 is 0 Å². The molecule has 2 rings (SSSR count). The predicted octanol–water partition coefficient (Wildman–Crippen LogP) is 4.17. The minimum atomic E-state index is 0.509. The third kappa shape index (κ3) is 3.13. The van der Waals surface area contributed by atoms with E-state index in [4.69, 9.17) is 4.98 Å². The van der Waals surface area contributed by atoms with E-state index in [1.54, 1.807) is 0 Å². The molecule has 1 aromatic carbocycles. The summed E-state index contributed by atoms with van der Waals surface area (Å²) in [6.45, 7) is 10.7. The molecule has 1 aromatic heterocycles.